The maximum absolute atomic E-state index is 12.6. The van der Waals surface area contributed by atoms with Crippen LogP contribution < -0.4 is 9.80 Å². The van der Waals surface area contributed by atoms with Crippen LogP contribution in [0.2, 0.25) is 0 Å². The maximum atomic E-state index is 12.6. The molecule has 2 aromatic carbocycles. The van der Waals surface area contributed by atoms with E-state index in [1.54, 1.807) is 9.80 Å². The van der Waals surface area contributed by atoms with Gasteiger partial charge in [-0.05, 0) is 60.4 Å². The molecular formula is C32H48Br2N4O6S. The molecule has 0 bridgehead atoms. The van der Waals surface area contributed by atoms with Crippen molar-refractivity contribution in [3.05, 3.63) is 68.6 Å². The van der Waals surface area contributed by atoms with Gasteiger partial charge in [0.15, 0.2) is 0 Å². The Hall–Kier alpha value is -1.87. The molecule has 0 spiro atoms. The van der Waals surface area contributed by atoms with E-state index in [0.717, 1.165) is 33.2 Å². The molecule has 13 heteroatoms. The first-order chi connectivity index (χ1) is 21.0. The number of nitrogens with one attached hydrogen (secondary N) is 2. The van der Waals surface area contributed by atoms with E-state index in [4.69, 9.17) is 17.5 Å². The van der Waals surface area contributed by atoms with E-state index < -0.39 is 10.4 Å². The van der Waals surface area contributed by atoms with Crippen molar-refractivity contribution in [3.63, 3.8) is 0 Å². The van der Waals surface area contributed by atoms with Crippen LogP contribution in [0.15, 0.2) is 57.5 Å². The molecule has 0 aliphatic carbocycles. The molecule has 2 aromatic rings. The minimum Gasteiger partial charge on any atom is -0.759 e. The number of carbonyl (C=O) groups excluding carboxylic acids is 2. The van der Waals surface area contributed by atoms with E-state index in [-0.39, 0.29) is 11.8 Å². The lowest BCUT2D eigenvalue weighted by molar-refractivity contribution is -0.940. The number of likely N-dealkylation sites (tertiary alicyclic amines) is 2. The Balaban J connectivity index is 0.000000273. The van der Waals surface area contributed by atoms with Crippen molar-refractivity contribution in [3.8, 4) is 0 Å². The Morgan fingerprint density at radius 2 is 0.956 bits per heavy atom. The first kappa shape index (κ1) is 39.3. The Morgan fingerprint density at radius 1 is 0.689 bits per heavy atom. The van der Waals surface area contributed by atoms with Gasteiger partial charge in [-0.15, -0.1) is 0 Å². The summed E-state index contributed by atoms with van der Waals surface area (Å²) >= 11 is 6.81. The summed E-state index contributed by atoms with van der Waals surface area (Å²) in [4.78, 5) is 32.3. The molecule has 2 aliphatic rings. The van der Waals surface area contributed by atoms with Gasteiger partial charge in [0, 0.05) is 57.4 Å². The quantitative estimate of drug-likeness (QED) is 0.282. The molecule has 0 radical (unpaired) electrons. The lowest BCUT2D eigenvalue weighted by Gasteiger charge is -2.36. The van der Waals surface area contributed by atoms with Crippen LogP contribution in [0.3, 0.4) is 0 Å². The number of hydrogen-bond acceptors (Lipinski definition) is 6. The maximum Gasteiger partial charge on any atom is 0.254 e. The van der Waals surface area contributed by atoms with E-state index in [9.17, 15) is 9.59 Å². The topological polar surface area (TPSA) is 130 Å². The van der Waals surface area contributed by atoms with E-state index in [1.165, 1.54) is 39.0 Å². The molecule has 0 unspecified atom stereocenters. The van der Waals surface area contributed by atoms with Crippen molar-refractivity contribution in [1.29, 1.82) is 0 Å². The first-order valence-corrected chi connectivity index (χ1v) is 18.3. The Bertz CT molecular complexity index is 1220. The lowest BCUT2D eigenvalue weighted by atomic mass is 10.00. The molecule has 2 N–H and O–H groups in total. The summed E-state index contributed by atoms with van der Waals surface area (Å²) in [5.74, 6) is 1.20. The third-order valence-electron chi connectivity index (χ3n) is 8.47. The summed E-state index contributed by atoms with van der Waals surface area (Å²) in [6, 6.07) is 15.8. The highest BCUT2D eigenvalue weighted by Gasteiger charge is 2.31. The van der Waals surface area contributed by atoms with Gasteiger partial charge in [0.1, 0.15) is 0 Å². The molecule has 2 aliphatic heterocycles. The van der Waals surface area contributed by atoms with Crippen molar-refractivity contribution >= 4 is 54.1 Å². The van der Waals surface area contributed by atoms with Crippen molar-refractivity contribution in [2.45, 2.75) is 52.6 Å². The van der Waals surface area contributed by atoms with Crippen LogP contribution >= 0.6 is 31.9 Å². The predicted octanol–water partition coefficient (Wildman–Crippen LogP) is 2.33. The lowest BCUT2D eigenvalue weighted by Crippen LogP contribution is -3.19. The number of likely N-dealkylation sites (N-methyl/N-ethyl adjacent to an activating group) is 2. The summed E-state index contributed by atoms with van der Waals surface area (Å²) < 4.78 is 36.1. The number of hydrogen-bond donors (Lipinski definition) is 2. The Morgan fingerprint density at radius 3 is 1.16 bits per heavy atom. The van der Waals surface area contributed by atoms with Gasteiger partial charge in [-0.25, -0.2) is 0 Å². The fourth-order valence-electron chi connectivity index (χ4n) is 5.39. The first-order valence-electron chi connectivity index (χ1n) is 15.4. The SMILES string of the molecule is CC(C)[C@@H](C[NH+]1CCC1)N(C)C(=O)c1ccc(Br)cc1.CC(C)[C@@H](C[NH+]1CCC1)N(C)C(=O)c1ccc(Br)cc1.O=S(=O)([O-])[O-]. The van der Waals surface area contributed by atoms with Gasteiger partial charge in [-0.1, -0.05) is 59.6 Å². The molecule has 252 valence electrons. The number of quaternary nitrogens is 2. The van der Waals surface area contributed by atoms with Crippen LogP contribution in [0.5, 0.6) is 0 Å². The molecule has 10 nitrogen and oxygen atoms in total. The fraction of sp³-hybridized carbons (Fsp3) is 0.562. The molecule has 4 rings (SSSR count). The number of nitrogens with zero attached hydrogens (tertiary/aromatic N) is 2. The van der Waals surface area contributed by atoms with Crippen LogP contribution in [0.25, 0.3) is 0 Å². The second-order valence-electron chi connectivity index (χ2n) is 12.5. The highest BCUT2D eigenvalue weighted by Crippen LogP contribution is 2.17. The van der Waals surface area contributed by atoms with Crippen LogP contribution in [0.4, 0.5) is 0 Å². The summed E-state index contributed by atoms with van der Waals surface area (Å²) in [7, 11) is -1.29. The number of halogens is 2. The zero-order chi connectivity index (χ0) is 33.9. The van der Waals surface area contributed by atoms with Crippen LogP contribution in [-0.4, -0.2) is 105 Å². The zero-order valence-electron chi connectivity index (χ0n) is 27.1. The van der Waals surface area contributed by atoms with E-state index >= 15 is 0 Å². The fourth-order valence-corrected chi connectivity index (χ4v) is 5.92. The smallest absolute Gasteiger partial charge is 0.254 e. The van der Waals surface area contributed by atoms with Gasteiger partial charge in [0.2, 0.25) is 0 Å². The number of rotatable bonds is 10. The molecule has 2 saturated heterocycles. The van der Waals surface area contributed by atoms with Crippen LogP contribution in [0.1, 0.15) is 61.3 Å². The van der Waals surface area contributed by atoms with Gasteiger partial charge in [0.05, 0.1) is 51.4 Å². The molecule has 2 fully saturated rings. The minimum absolute atomic E-state index is 0.121. The third-order valence-corrected chi connectivity index (χ3v) is 9.53. The summed E-state index contributed by atoms with van der Waals surface area (Å²) in [5.41, 5.74) is 1.53. The Labute approximate surface area is 286 Å². The average molecular weight is 777 g/mol. The normalized spacial score (nSPS) is 16.3. The summed E-state index contributed by atoms with van der Waals surface area (Å²) in [5, 5.41) is 0. The van der Waals surface area contributed by atoms with E-state index in [0.29, 0.717) is 23.9 Å². The van der Waals surface area contributed by atoms with Crippen LogP contribution in [-0.2, 0) is 10.4 Å². The van der Waals surface area contributed by atoms with Gasteiger partial charge < -0.3 is 28.7 Å². The molecule has 2 amide bonds. The number of carbonyl (C=O) groups is 2. The molecule has 2 atom stereocenters. The molecule has 0 saturated carbocycles. The number of benzene rings is 2. The average Bonchev–Trinajstić information content (AvgIpc) is 2.90. The number of amides is 2. The predicted molar refractivity (Wildman–Crippen MR) is 181 cm³/mol. The summed E-state index contributed by atoms with van der Waals surface area (Å²) in [6.07, 6.45) is 2.65. The Kier molecular flexibility index (Phi) is 16.1. The zero-order valence-corrected chi connectivity index (χ0v) is 31.1. The van der Waals surface area contributed by atoms with Gasteiger partial charge in [-0.2, -0.15) is 0 Å². The molecular weight excluding hydrogens is 728 g/mol. The van der Waals surface area contributed by atoms with Crippen molar-refractivity contribution in [2.75, 3.05) is 53.4 Å². The molecule has 45 heavy (non-hydrogen) atoms. The van der Waals surface area contributed by atoms with E-state index in [1.807, 2.05) is 72.4 Å². The summed E-state index contributed by atoms with van der Waals surface area (Å²) in [6.45, 7) is 16.0. The van der Waals surface area contributed by atoms with E-state index in [2.05, 4.69) is 59.6 Å². The van der Waals surface area contributed by atoms with Gasteiger partial charge >= 0.3 is 0 Å². The molecule has 2 heterocycles. The standard InChI is InChI=1S/2C16H23BrN2O.H2O4S/c2*1-12(2)15(11-19-9-4-10-19)18(3)16(20)13-5-7-14(17)8-6-13;1-5(2,3)4/h2*5-8,12,15H,4,9-11H2,1-3H3;(H2,1,2,3,4)/t2*15-;/m11./s1. The highest BCUT2D eigenvalue weighted by molar-refractivity contribution is 9.10. The van der Waals surface area contributed by atoms with Crippen LogP contribution in [0, 0.1) is 11.8 Å². The third kappa shape index (κ3) is 13.8. The van der Waals surface area contributed by atoms with Crippen molar-refractivity contribution in [1.82, 2.24) is 9.80 Å². The van der Waals surface area contributed by atoms with Gasteiger partial charge in [-0.3, -0.25) is 18.0 Å². The largest absolute Gasteiger partial charge is 0.759 e. The van der Waals surface area contributed by atoms with Crippen molar-refractivity contribution < 1.29 is 36.9 Å². The highest BCUT2D eigenvalue weighted by atomic mass is 79.9. The minimum atomic E-state index is -5.17. The molecule has 0 aromatic heterocycles. The monoisotopic (exact) mass is 774 g/mol. The second kappa shape index (κ2) is 18.5. The van der Waals surface area contributed by atoms with Crippen molar-refractivity contribution in [2.24, 2.45) is 11.8 Å². The second-order valence-corrected chi connectivity index (χ2v) is 15.1. The van der Waals surface area contributed by atoms with Gasteiger partial charge in [0.25, 0.3) is 11.8 Å².